The van der Waals surface area contributed by atoms with E-state index in [0.717, 1.165) is 15.6 Å². The second-order valence-corrected chi connectivity index (χ2v) is 7.09. The Morgan fingerprint density at radius 1 is 1.28 bits per heavy atom. The highest BCUT2D eigenvalue weighted by atomic mass is 35.5. The standard InChI is InChI=1S/C18H14ClN3O2S/c1-24-14-7-6-10(19)8-13(14)22-16(23)9-11(17(22)20)18-21-12-4-2-3-5-15(12)25-18/h2-8,20-21H,9H2,1H3/b18-11-,20-17?. The highest BCUT2D eigenvalue weighted by molar-refractivity contribution is 8.03. The lowest BCUT2D eigenvalue weighted by Gasteiger charge is -2.19. The first-order chi connectivity index (χ1) is 12.1. The van der Waals surface area contributed by atoms with Crippen LogP contribution in [0, 0.1) is 5.41 Å². The number of fused-ring (bicyclic) bond motifs is 1. The van der Waals surface area contributed by atoms with Crippen LogP contribution < -0.4 is 15.0 Å². The summed E-state index contributed by atoms with van der Waals surface area (Å²) in [4.78, 5) is 15.1. The van der Waals surface area contributed by atoms with E-state index in [0.29, 0.717) is 22.0 Å². The van der Waals surface area contributed by atoms with Crippen molar-refractivity contribution in [2.45, 2.75) is 11.3 Å². The number of nitrogens with one attached hydrogen (secondary N) is 2. The average Bonchev–Trinajstić information content (AvgIpc) is 3.15. The molecule has 0 aliphatic carbocycles. The zero-order valence-corrected chi connectivity index (χ0v) is 14.9. The summed E-state index contributed by atoms with van der Waals surface area (Å²) in [5.41, 5.74) is 2.16. The Balaban J connectivity index is 1.73. The zero-order valence-electron chi connectivity index (χ0n) is 13.3. The van der Waals surface area contributed by atoms with Crippen LogP contribution in [0.1, 0.15) is 6.42 Å². The van der Waals surface area contributed by atoms with Crippen LogP contribution >= 0.6 is 23.4 Å². The van der Waals surface area contributed by atoms with Gasteiger partial charge in [0, 0.05) is 15.5 Å². The van der Waals surface area contributed by atoms with Gasteiger partial charge in [-0.2, -0.15) is 0 Å². The number of para-hydroxylation sites is 1. The van der Waals surface area contributed by atoms with Gasteiger partial charge in [-0.05, 0) is 30.3 Å². The Morgan fingerprint density at radius 3 is 2.84 bits per heavy atom. The van der Waals surface area contributed by atoms with Crippen LogP contribution in [0.5, 0.6) is 5.75 Å². The van der Waals surface area contributed by atoms with E-state index < -0.39 is 0 Å². The van der Waals surface area contributed by atoms with Crippen LogP contribution in [-0.2, 0) is 4.79 Å². The number of carbonyl (C=O) groups is 1. The summed E-state index contributed by atoms with van der Waals surface area (Å²) in [6.07, 6.45) is 0.165. The number of thioether (sulfide) groups is 1. The number of halogens is 1. The van der Waals surface area contributed by atoms with E-state index in [1.165, 1.54) is 12.0 Å². The fraction of sp³-hybridized carbons (Fsp3) is 0.111. The van der Waals surface area contributed by atoms with Crippen molar-refractivity contribution in [2.24, 2.45) is 0 Å². The SMILES string of the molecule is COc1ccc(Cl)cc1N1C(=N)/C(=C2/Nc3ccccc3S2)CC1=O. The number of hydrogen-bond acceptors (Lipinski definition) is 5. The van der Waals surface area contributed by atoms with Gasteiger partial charge in [0.05, 0.1) is 29.9 Å². The topological polar surface area (TPSA) is 65.4 Å². The Kier molecular flexibility index (Phi) is 3.94. The van der Waals surface area contributed by atoms with Crippen LogP contribution in [0.15, 0.2) is 58.0 Å². The number of anilines is 2. The van der Waals surface area contributed by atoms with E-state index in [2.05, 4.69) is 5.32 Å². The molecule has 1 amide bonds. The molecule has 126 valence electrons. The lowest BCUT2D eigenvalue weighted by atomic mass is 10.2. The van der Waals surface area contributed by atoms with Gasteiger partial charge in [0.25, 0.3) is 0 Å². The Bertz CT molecular complexity index is 915. The van der Waals surface area contributed by atoms with Gasteiger partial charge in [-0.1, -0.05) is 35.5 Å². The first-order valence-corrected chi connectivity index (χ1v) is 8.80. The van der Waals surface area contributed by atoms with Gasteiger partial charge >= 0.3 is 0 Å². The molecule has 7 heteroatoms. The highest BCUT2D eigenvalue weighted by Gasteiger charge is 2.37. The molecule has 2 N–H and O–H groups in total. The van der Waals surface area contributed by atoms with Crippen LogP contribution in [0.2, 0.25) is 5.02 Å². The third kappa shape index (κ3) is 2.67. The van der Waals surface area contributed by atoms with Crippen LogP contribution in [0.25, 0.3) is 0 Å². The summed E-state index contributed by atoms with van der Waals surface area (Å²) in [7, 11) is 1.53. The zero-order chi connectivity index (χ0) is 17.6. The molecule has 5 nitrogen and oxygen atoms in total. The highest BCUT2D eigenvalue weighted by Crippen LogP contribution is 2.45. The van der Waals surface area contributed by atoms with Crippen LogP contribution in [-0.4, -0.2) is 18.9 Å². The molecule has 2 aliphatic heterocycles. The van der Waals surface area contributed by atoms with Crippen LogP contribution in [0.3, 0.4) is 0 Å². The van der Waals surface area contributed by atoms with Crippen LogP contribution in [0.4, 0.5) is 11.4 Å². The molecule has 0 aromatic heterocycles. The van der Waals surface area contributed by atoms with Gasteiger partial charge in [0.1, 0.15) is 11.6 Å². The molecule has 0 saturated carbocycles. The molecule has 0 atom stereocenters. The molecule has 0 bridgehead atoms. The maximum Gasteiger partial charge on any atom is 0.237 e. The summed E-state index contributed by atoms with van der Waals surface area (Å²) in [5.74, 6) is 0.476. The molecule has 2 aromatic carbocycles. The Labute approximate surface area is 154 Å². The molecule has 2 heterocycles. The molecule has 25 heavy (non-hydrogen) atoms. The molecular weight excluding hydrogens is 358 g/mol. The molecule has 0 spiro atoms. The first-order valence-electron chi connectivity index (χ1n) is 7.61. The van der Waals surface area contributed by atoms with Crippen molar-refractivity contribution < 1.29 is 9.53 Å². The molecule has 1 saturated heterocycles. The molecule has 2 aliphatic rings. The van der Waals surface area contributed by atoms with Gasteiger partial charge in [0.2, 0.25) is 5.91 Å². The summed E-state index contributed by atoms with van der Waals surface area (Å²) in [5, 5.41) is 13.2. The summed E-state index contributed by atoms with van der Waals surface area (Å²) in [6.45, 7) is 0. The minimum absolute atomic E-state index is 0.147. The van der Waals surface area contributed by atoms with E-state index >= 15 is 0 Å². The van der Waals surface area contributed by atoms with Crippen molar-refractivity contribution in [3.05, 3.63) is 58.1 Å². The van der Waals surface area contributed by atoms with Crippen molar-refractivity contribution >= 4 is 46.5 Å². The quantitative estimate of drug-likeness (QED) is 0.816. The van der Waals surface area contributed by atoms with Gasteiger partial charge in [-0.3, -0.25) is 15.1 Å². The third-order valence-electron chi connectivity index (χ3n) is 4.09. The van der Waals surface area contributed by atoms with E-state index in [1.807, 2.05) is 24.3 Å². The monoisotopic (exact) mass is 371 g/mol. The van der Waals surface area contributed by atoms with Crippen molar-refractivity contribution in [3.8, 4) is 5.75 Å². The van der Waals surface area contributed by atoms with E-state index in [1.54, 1.807) is 30.0 Å². The number of ether oxygens (including phenoxy) is 1. The number of amidine groups is 1. The Hall–Kier alpha value is -2.44. The second-order valence-electron chi connectivity index (χ2n) is 5.60. The summed E-state index contributed by atoms with van der Waals surface area (Å²) < 4.78 is 5.33. The number of hydrogen-bond donors (Lipinski definition) is 2. The predicted octanol–water partition coefficient (Wildman–Crippen LogP) is 4.49. The van der Waals surface area contributed by atoms with Gasteiger partial charge in [-0.15, -0.1) is 0 Å². The summed E-state index contributed by atoms with van der Waals surface area (Å²) >= 11 is 7.62. The number of methoxy groups -OCH3 is 1. The Morgan fingerprint density at radius 2 is 2.08 bits per heavy atom. The fourth-order valence-electron chi connectivity index (χ4n) is 2.91. The summed E-state index contributed by atoms with van der Waals surface area (Å²) in [6, 6.07) is 12.9. The number of nitrogens with zero attached hydrogens (tertiary/aromatic N) is 1. The minimum Gasteiger partial charge on any atom is -0.495 e. The minimum atomic E-state index is -0.175. The normalized spacial score (nSPS) is 19.2. The van der Waals surface area contributed by atoms with Crippen molar-refractivity contribution in [1.82, 2.24) is 0 Å². The van der Waals surface area contributed by atoms with E-state index in [-0.39, 0.29) is 18.2 Å². The van der Waals surface area contributed by atoms with E-state index in [4.69, 9.17) is 21.7 Å². The predicted molar refractivity (Wildman–Crippen MR) is 101 cm³/mol. The van der Waals surface area contributed by atoms with Gasteiger partial charge in [0.15, 0.2) is 0 Å². The maximum atomic E-state index is 12.6. The van der Waals surface area contributed by atoms with Gasteiger partial charge in [-0.25, -0.2) is 0 Å². The van der Waals surface area contributed by atoms with Gasteiger partial charge < -0.3 is 10.1 Å². The number of amides is 1. The fourth-order valence-corrected chi connectivity index (χ4v) is 4.12. The number of benzene rings is 2. The first kappa shape index (κ1) is 16.1. The smallest absolute Gasteiger partial charge is 0.237 e. The second kappa shape index (κ2) is 6.13. The average molecular weight is 372 g/mol. The number of carbonyl (C=O) groups excluding carboxylic acids is 1. The molecular formula is C18H14ClN3O2S. The molecule has 4 rings (SSSR count). The lowest BCUT2D eigenvalue weighted by molar-refractivity contribution is -0.116. The maximum absolute atomic E-state index is 12.6. The molecule has 1 fully saturated rings. The van der Waals surface area contributed by atoms with E-state index in [9.17, 15) is 4.79 Å². The van der Waals surface area contributed by atoms with Crippen molar-refractivity contribution in [2.75, 3.05) is 17.3 Å². The lowest BCUT2D eigenvalue weighted by Crippen LogP contribution is -2.29. The van der Waals surface area contributed by atoms with Crippen molar-refractivity contribution in [1.29, 1.82) is 5.41 Å². The van der Waals surface area contributed by atoms with Crippen molar-refractivity contribution in [3.63, 3.8) is 0 Å². The molecule has 0 radical (unpaired) electrons. The third-order valence-corrected chi connectivity index (χ3v) is 5.45. The number of rotatable bonds is 2. The molecule has 2 aromatic rings. The largest absolute Gasteiger partial charge is 0.495 e. The molecule has 0 unspecified atom stereocenters.